The summed E-state index contributed by atoms with van der Waals surface area (Å²) in [6.07, 6.45) is 4.28. The largest absolute Gasteiger partial charge is 0.340 e. The number of nitrogens with zero attached hydrogens (tertiary/aromatic N) is 3. The van der Waals surface area contributed by atoms with Gasteiger partial charge in [-0.1, -0.05) is 18.0 Å². The van der Waals surface area contributed by atoms with Crippen molar-refractivity contribution in [3.05, 3.63) is 33.1 Å². The predicted octanol–water partition coefficient (Wildman–Crippen LogP) is 1.86. The lowest BCUT2D eigenvalue weighted by molar-refractivity contribution is -0.385. The zero-order valence-electron chi connectivity index (χ0n) is 11.7. The number of hydrogen-bond acceptors (Lipinski definition) is 5. The molecule has 1 amide bonds. The van der Waals surface area contributed by atoms with Crippen molar-refractivity contribution in [2.24, 2.45) is 0 Å². The quantitative estimate of drug-likeness (QED) is 0.521. The van der Waals surface area contributed by atoms with Gasteiger partial charge >= 0.3 is 0 Å². The molecule has 1 saturated heterocycles. The first-order chi connectivity index (χ1) is 9.99. The summed E-state index contributed by atoms with van der Waals surface area (Å²) in [6.45, 7) is 1.45. The number of carbonyl (C=O) groups excluding carboxylic acids is 1. The molecule has 21 heavy (non-hydrogen) atoms. The van der Waals surface area contributed by atoms with E-state index in [-0.39, 0.29) is 22.4 Å². The number of likely N-dealkylation sites (N-methyl/N-ethyl adjacent to an activating group) is 1. The standard InChI is InChI=1S/C13H17ClN4O3/c1-17(8-9-4-2-3-5-15-9)13(19)10-6-12(14)16-7-11(10)18(20)21/h6-7,9,15H,2-5,8H2,1H3. The second kappa shape index (κ2) is 6.82. The van der Waals surface area contributed by atoms with Crippen LogP contribution in [0.1, 0.15) is 29.6 Å². The zero-order chi connectivity index (χ0) is 15.4. The molecule has 7 nitrogen and oxygen atoms in total. The Kier molecular flexibility index (Phi) is 5.08. The summed E-state index contributed by atoms with van der Waals surface area (Å²) < 4.78 is 0. The number of rotatable bonds is 4. The van der Waals surface area contributed by atoms with Gasteiger partial charge < -0.3 is 10.2 Å². The molecule has 0 saturated carbocycles. The fraction of sp³-hybridized carbons (Fsp3) is 0.538. The van der Waals surface area contributed by atoms with Crippen LogP contribution in [0.5, 0.6) is 0 Å². The summed E-state index contributed by atoms with van der Waals surface area (Å²) in [4.78, 5) is 27.9. The van der Waals surface area contributed by atoms with Crippen LogP contribution in [-0.2, 0) is 0 Å². The van der Waals surface area contributed by atoms with Gasteiger partial charge in [-0.25, -0.2) is 4.98 Å². The molecule has 0 spiro atoms. The van der Waals surface area contributed by atoms with Crippen LogP contribution in [0.2, 0.25) is 5.15 Å². The first kappa shape index (κ1) is 15.7. The molecule has 1 aromatic heterocycles. The monoisotopic (exact) mass is 312 g/mol. The molecule has 0 aromatic carbocycles. The Hall–Kier alpha value is -1.73. The molecular weight excluding hydrogens is 296 g/mol. The molecule has 0 aliphatic carbocycles. The van der Waals surface area contributed by atoms with Crippen LogP contribution in [0.3, 0.4) is 0 Å². The molecule has 1 atom stereocenters. The number of halogens is 1. The summed E-state index contributed by atoms with van der Waals surface area (Å²) in [5.41, 5.74) is -0.355. The number of hydrogen-bond donors (Lipinski definition) is 1. The fourth-order valence-corrected chi connectivity index (χ4v) is 2.60. The van der Waals surface area contributed by atoms with Crippen LogP contribution in [0.4, 0.5) is 5.69 Å². The van der Waals surface area contributed by atoms with E-state index in [0.717, 1.165) is 32.0 Å². The van der Waals surface area contributed by atoms with Gasteiger partial charge in [0.2, 0.25) is 0 Å². The number of nitro groups is 1. The lowest BCUT2D eigenvalue weighted by atomic mass is 10.0. The minimum atomic E-state index is -0.622. The highest BCUT2D eigenvalue weighted by Gasteiger charge is 2.25. The topological polar surface area (TPSA) is 88.4 Å². The van der Waals surface area contributed by atoms with Gasteiger partial charge in [0.25, 0.3) is 11.6 Å². The summed E-state index contributed by atoms with van der Waals surface area (Å²) in [7, 11) is 1.64. The van der Waals surface area contributed by atoms with Crippen LogP contribution in [0, 0.1) is 10.1 Å². The normalized spacial score (nSPS) is 18.3. The summed E-state index contributed by atoms with van der Waals surface area (Å²) in [5.74, 6) is -0.418. The highest BCUT2D eigenvalue weighted by molar-refractivity contribution is 6.29. The van der Waals surface area contributed by atoms with E-state index in [2.05, 4.69) is 10.3 Å². The molecule has 2 heterocycles. The average molecular weight is 313 g/mol. The third-order valence-electron chi connectivity index (χ3n) is 3.53. The van der Waals surface area contributed by atoms with Crippen LogP contribution in [0.15, 0.2) is 12.3 Å². The highest BCUT2D eigenvalue weighted by Crippen LogP contribution is 2.22. The first-order valence-corrected chi connectivity index (χ1v) is 7.15. The zero-order valence-corrected chi connectivity index (χ0v) is 12.5. The van der Waals surface area contributed by atoms with Gasteiger partial charge in [-0.2, -0.15) is 0 Å². The van der Waals surface area contributed by atoms with Crippen molar-refractivity contribution in [3.63, 3.8) is 0 Å². The number of pyridine rings is 1. The van der Waals surface area contributed by atoms with Crippen molar-refractivity contribution in [2.45, 2.75) is 25.3 Å². The van der Waals surface area contributed by atoms with Gasteiger partial charge in [0.15, 0.2) is 0 Å². The Bertz CT molecular complexity index is 546. The van der Waals surface area contributed by atoms with Gasteiger partial charge in [-0.05, 0) is 25.5 Å². The molecule has 0 bridgehead atoms. The van der Waals surface area contributed by atoms with Crippen molar-refractivity contribution in [3.8, 4) is 0 Å². The van der Waals surface area contributed by atoms with E-state index in [0.29, 0.717) is 6.54 Å². The number of piperidine rings is 1. The maximum atomic E-state index is 12.4. The molecule has 1 aromatic rings. The van der Waals surface area contributed by atoms with E-state index in [9.17, 15) is 14.9 Å². The number of aromatic nitrogens is 1. The molecule has 2 rings (SSSR count). The SMILES string of the molecule is CN(CC1CCCCN1)C(=O)c1cc(Cl)ncc1[N+](=O)[O-]. The fourth-order valence-electron chi connectivity index (χ4n) is 2.44. The maximum Gasteiger partial charge on any atom is 0.300 e. The molecule has 1 aliphatic heterocycles. The maximum absolute atomic E-state index is 12.4. The molecule has 0 radical (unpaired) electrons. The Morgan fingerprint density at radius 1 is 1.62 bits per heavy atom. The molecule has 114 valence electrons. The van der Waals surface area contributed by atoms with Crippen molar-refractivity contribution in [2.75, 3.05) is 20.1 Å². The Balaban J connectivity index is 2.14. The van der Waals surface area contributed by atoms with Gasteiger partial charge in [-0.15, -0.1) is 0 Å². The van der Waals surface area contributed by atoms with E-state index in [1.807, 2.05) is 0 Å². The van der Waals surface area contributed by atoms with Gasteiger partial charge in [0, 0.05) is 19.6 Å². The van der Waals surface area contributed by atoms with E-state index in [1.165, 1.54) is 11.0 Å². The Labute approximate surface area is 127 Å². The Morgan fingerprint density at radius 3 is 3.00 bits per heavy atom. The van der Waals surface area contributed by atoms with Gasteiger partial charge in [0.05, 0.1) is 4.92 Å². The van der Waals surface area contributed by atoms with Crippen molar-refractivity contribution in [1.29, 1.82) is 0 Å². The molecule has 1 fully saturated rings. The van der Waals surface area contributed by atoms with Crippen LogP contribution in [-0.4, -0.2) is 46.9 Å². The van der Waals surface area contributed by atoms with Crippen molar-refractivity contribution >= 4 is 23.2 Å². The predicted molar refractivity (Wildman–Crippen MR) is 78.5 cm³/mol. The third kappa shape index (κ3) is 3.89. The van der Waals surface area contributed by atoms with E-state index < -0.39 is 10.8 Å². The second-order valence-corrected chi connectivity index (χ2v) is 5.50. The van der Waals surface area contributed by atoms with Gasteiger partial charge in [0.1, 0.15) is 16.9 Å². The summed E-state index contributed by atoms with van der Waals surface area (Å²) in [6, 6.07) is 1.47. The smallest absolute Gasteiger partial charge is 0.300 e. The lowest BCUT2D eigenvalue weighted by Crippen LogP contribution is -2.44. The Morgan fingerprint density at radius 2 is 2.38 bits per heavy atom. The van der Waals surface area contributed by atoms with Crippen LogP contribution < -0.4 is 5.32 Å². The van der Waals surface area contributed by atoms with Crippen LogP contribution >= 0.6 is 11.6 Å². The first-order valence-electron chi connectivity index (χ1n) is 6.78. The minimum Gasteiger partial charge on any atom is -0.340 e. The lowest BCUT2D eigenvalue weighted by Gasteiger charge is -2.28. The number of nitrogens with one attached hydrogen (secondary N) is 1. The minimum absolute atomic E-state index is 0.0293. The van der Waals surface area contributed by atoms with Gasteiger partial charge in [-0.3, -0.25) is 14.9 Å². The second-order valence-electron chi connectivity index (χ2n) is 5.11. The van der Waals surface area contributed by atoms with Crippen LogP contribution in [0.25, 0.3) is 0 Å². The molecule has 1 aliphatic rings. The van der Waals surface area contributed by atoms with Crippen molar-refractivity contribution in [1.82, 2.24) is 15.2 Å². The number of amides is 1. The summed E-state index contributed by atoms with van der Waals surface area (Å²) in [5, 5.41) is 14.4. The van der Waals surface area contributed by atoms with E-state index in [1.54, 1.807) is 7.05 Å². The third-order valence-corrected chi connectivity index (χ3v) is 3.74. The number of carbonyl (C=O) groups is 1. The van der Waals surface area contributed by atoms with Crippen molar-refractivity contribution < 1.29 is 9.72 Å². The molecule has 8 heteroatoms. The molecule has 1 N–H and O–H groups in total. The van der Waals surface area contributed by atoms with E-state index in [4.69, 9.17) is 11.6 Å². The summed E-state index contributed by atoms with van der Waals surface area (Å²) >= 11 is 5.75. The van der Waals surface area contributed by atoms with E-state index >= 15 is 0 Å². The highest BCUT2D eigenvalue weighted by atomic mass is 35.5. The molecular formula is C13H17ClN4O3. The molecule has 1 unspecified atom stereocenters. The average Bonchev–Trinajstić information content (AvgIpc) is 2.47.